The molecule has 1 rings (SSSR count). The van der Waals surface area contributed by atoms with E-state index < -0.39 is 5.97 Å². The Morgan fingerprint density at radius 2 is 2.07 bits per heavy atom. The first kappa shape index (κ1) is 10.8. The fourth-order valence-corrected chi connectivity index (χ4v) is 1.50. The Hall–Kier alpha value is -1.31. The number of benzene rings is 1. The summed E-state index contributed by atoms with van der Waals surface area (Å²) in [6.07, 6.45) is 0.931. The van der Waals surface area contributed by atoms with Crippen molar-refractivity contribution in [2.45, 2.75) is 27.2 Å². The summed E-state index contributed by atoms with van der Waals surface area (Å²) in [7, 11) is 0. The van der Waals surface area contributed by atoms with E-state index in [1.165, 1.54) is 0 Å². The lowest BCUT2D eigenvalue weighted by Gasteiger charge is -2.07. The van der Waals surface area contributed by atoms with Gasteiger partial charge in [-0.25, -0.2) is 4.79 Å². The van der Waals surface area contributed by atoms with Crippen LogP contribution in [0.5, 0.6) is 0 Å². The third-order valence-electron chi connectivity index (χ3n) is 2.18. The molecular formula is C12H16O2. The molecule has 0 aliphatic carbocycles. The van der Waals surface area contributed by atoms with Crippen molar-refractivity contribution in [3.05, 3.63) is 34.9 Å². The van der Waals surface area contributed by atoms with Gasteiger partial charge in [0.2, 0.25) is 0 Å². The molecule has 0 bridgehead atoms. The third-order valence-corrected chi connectivity index (χ3v) is 2.18. The molecule has 14 heavy (non-hydrogen) atoms. The number of carboxylic acid groups (broad SMARTS) is 1. The molecular weight excluding hydrogens is 176 g/mol. The van der Waals surface area contributed by atoms with Crippen LogP contribution >= 0.6 is 0 Å². The number of aryl methyl sites for hydroxylation is 1. The fraction of sp³-hybridized carbons (Fsp3) is 0.417. The molecule has 1 aromatic carbocycles. The van der Waals surface area contributed by atoms with Crippen LogP contribution in [0.15, 0.2) is 18.2 Å². The Morgan fingerprint density at radius 3 is 2.57 bits per heavy atom. The summed E-state index contributed by atoms with van der Waals surface area (Å²) in [5.74, 6) is -0.285. The van der Waals surface area contributed by atoms with Gasteiger partial charge in [0, 0.05) is 0 Å². The summed E-state index contributed by atoms with van der Waals surface area (Å²) in [5.41, 5.74) is 2.34. The van der Waals surface area contributed by atoms with Crippen LogP contribution in [0.3, 0.4) is 0 Å². The normalized spacial score (nSPS) is 10.6. The lowest BCUT2D eigenvalue weighted by Crippen LogP contribution is -2.02. The summed E-state index contributed by atoms with van der Waals surface area (Å²) in [6, 6.07) is 5.65. The Balaban J connectivity index is 3.00. The third kappa shape index (κ3) is 2.59. The average Bonchev–Trinajstić information content (AvgIpc) is 2.07. The molecule has 1 N–H and O–H groups in total. The maximum absolute atomic E-state index is 10.9. The van der Waals surface area contributed by atoms with Gasteiger partial charge in [-0.15, -0.1) is 0 Å². The fourth-order valence-electron chi connectivity index (χ4n) is 1.50. The maximum Gasteiger partial charge on any atom is 0.335 e. The van der Waals surface area contributed by atoms with Crippen LogP contribution in [-0.4, -0.2) is 11.1 Å². The van der Waals surface area contributed by atoms with Crippen molar-refractivity contribution in [1.82, 2.24) is 0 Å². The predicted octanol–water partition coefficient (Wildman–Crippen LogP) is 2.89. The molecule has 0 unspecified atom stereocenters. The Bertz CT molecular complexity index is 340. The van der Waals surface area contributed by atoms with Gasteiger partial charge in [0.15, 0.2) is 0 Å². The number of hydrogen-bond donors (Lipinski definition) is 1. The second kappa shape index (κ2) is 4.27. The van der Waals surface area contributed by atoms with Crippen LogP contribution in [0, 0.1) is 12.8 Å². The van der Waals surface area contributed by atoms with E-state index in [4.69, 9.17) is 5.11 Å². The Kier molecular flexibility index (Phi) is 3.28. The van der Waals surface area contributed by atoms with Gasteiger partial charge in [0.1, 0.15) is 0 Å². The van der Waals surface area contributed by atoms with E-state index in [9.17, 15) is 4.79 Å². The van der Waals surface area contributed by atoms with Gasteiger partial charge in [-0.05, 0) is 36.5 Å². The minimum Gasteiger partial charge on any atom is -0.478 e. The Morgan fingerprint density at radius 1 is 1.43 bits per heavy atom. The van der Waals surface area contributed by atoms with Gasteiger partial charge in [-0.2, -0.15) is 0 Å². The highest BCUT2D eigenvalue weighted by molar-refractivity contribution is 5.89. The van der Waals surface area contributed by atoms with Crippen LogP contribution in [-0.2, 0) is 6.42 Å². The average molecular weight is 192 g/mol. The molecule has 0 radical (unpaired) electrons. The molecule has 0 aromatic heterocycles. The standard InChI is InChI=1S/C12H16O2/c1-8(2)6-10-5-4-9(3)11(7-10)12(13)14/h4-5,7-8H,6H2,1-3H3,(H,13,14). The highest BCUT2D eigenvalue weighted by atomic mass is 16.4. The highest BCUT2D eigenvalue weighted by Gasteiger charge is 2.08. The molecule has 1 aromatic rings. The molecule has 76 valence electrons. The summed E-state index contributed by atoms with van der Waals surface area (Å²) < 4.78 is 0. The van der Waals surface area contributed by atoms with Crippen LogP contribution in [0.2, 0.25) is 0 Å². The van der Waals surface area contributed by atoms with Crippen molar-refractivity contribution in [1.29, 1.82) is 0 Å². The number of aromatic carboxylic acids is 1. The van der Waals surface area contributed by atoms with Crippen LogP contribution in [0.4, 0.5) is 0 Å². The van der Waals surface area contributed by atoms with E-state index >= 15 is 0 Å². The van der Waals surface area contributed by atoms with Crippen molar-refractivity contribution in [2.24, 2.45) is 5.92 Å². The maximum atomic E-state index is 10.9. The van der Waals surface area contributed by atoms with Gasteiger partial charge >= 0.3 is 5.97 Å². The van der Waals surface area contributed by atoms with Crippen molar-refractivity contribution in [3.63, 3.8) is 0 Å². The minimum absolute atomic E-state index is 0.420. The van der Waals surface area contributed by atoms with Crippen LogP contribution < -0.4 is 0 Å². The molecule has 0 saturated carbocycles. The molecule has 0 fully saturated rings. The zero-order chi connectivity index (χ0) is 10.7. The van der Waals surface area contributed by atoms with E-state index in [-0.39, 0.29) is 0 Å². The SMILES string of the molecule is Cc1ccc(CC(C)C)cc1C(=O)O. The monoisotopic (exact) mass is 192 g/mol. The first-order chi connectivity index (χ1) is 6.50. The van der Waals surface area contributed by atoms with Gasteiger partial charge in [0.25, 0.3) is 0 Å². The smallest absolute Gasteiger partial charge is 0.335 e. The number of carboxylic acids is 1. The summed E-state index contributed by atoms with van der Waals surface area (Å²) in [6.45, 7) is 6.07. The summed E-state index contributed by atoms with van der Waals surface area (Å²) in [5, 5.41) is 8.92. The molecule has 0 spiro atoms. The zero-order valence-electron chi connectivity index (χ0n) is 8.87. The van der Waals surface area contributed by atoms with Gasteiger partial charge in [-0.1, -0.05) is 26.0 Å². The minimum atomic E-state index is -0.840. The first-order valence-corrected chi connectivity index (χ1v) is 4.83. The van der Waals surface area contributed by atoms with Crippen LogP contribution in [0.25, 0.3) is 0 Å². The molecule has 0 atom stereocenters. The highest BCUT2D eigenvalue weighted by Crippen LogP contribution is 2.14. The second-order valence-electron chi connectivity index (χ2n) is 4.05. The summed E-state index contributed by atoms with van der Waals surface area (Å²) in [4.78, 5) is 10.9. The lowest BCUT2D eigenvalue weighted by molar-refractivity contribution is 0.0696. The molecule has 0 aliphatic heterocycles. The number of hydrogen-bond acceptors (Lipinski definition) is 1. The molecule has 0 aliphatic rings. The summed E-state index contributed by atoms with van der Waals surface area (Å²) >= 11 is 0. The van der Waals surface area contributed by atoms with Crippen molar-refractivity contribution in [2.75, 3.05) is 0 Å². The Labute approximate surface area is 84.6 Å². The number of carbonyl (C=O) groups is 1. The molecule has 2 heteroatoms. The largest absolute Gasteiger partial charge is 0.478 e. The topological polar surface area (TPSA) is 37.3 Å². The van der Waals surface area contributed by atoms with Crippen molar-refractivity contribution < 1.29 is 9.90 Å². The molecule has 2 nitrogen and oxygen atoms in total. The molecule has 0 heterocycles. The molecule has 0 saturated heterocycles. The number of rotatable bonds is 3. The predicted molar refractivity (Wildman–Crippen MR) is 56.7 cm³/mol. The van der Waals surface area contributed by atoms with Crippen molar-refractivity contribution >= 4 is 5.97 Å². The lowest BCUT2D eigenvalue weighted by atomic mass is 9.98. The van der Waals surface area contributed by atoms with E-state index in [0.29, 0.717) is 11.5 Å². The van der Waals surface area contributed by atoms with Gasteiger partial charge in [0.05, 0.1) is 5.56 Å². The molecule has 0 amide bonds. The van der Waals surface area contributed by atoms with E-state index in [0.717, 1.165) is 17.5 Å². The van der Waals surface area contributed by atoms with Gasteiger partial charge < -0.3 is 5.11 Å². The van der Waals surface area contributed by atoms with Crippen LogP contribution in [0.1, 0.15) is 35.3 Å². The quantitative estimate of drug-likeness (QED) is 0.799. The first-order valence-electron chi connectivity index (χ1n) is 4.83. The van der Waals surface area contributed by atoms with E-state index in [1.54, 1.807) is 6.07 Å². The second-order valence-corrected chi connectivity index (χ2v) is 4.05. The zero-order valence-corrected chi connectivity index (χ0v) is 8.87. The van der Waals surface area contributed by atoms with Gasteiger partial charge in [-0.3, -0.25) is 0 Å². The van der Waals surface area contributed by atoms with E-state index in [2.05, 4.69) is 13.8 Å². The van der Waals surface area contributed by atoms with E-state index in [1.807, 2.05) is 19.1 Å². The van der Waals surface area contributed by atoms with Crippen molar-refractivity contribution in [3.8, 4) is 0 Å².